The van der Waals surface area contributed by atoms with E-state index in [0.29, 0.717) is 12.7 Å². The summed E-state index contributed by atoms with van der Waals surface area (Å²) in [5.74, 6) is 2.57. The van der Waals surface area contributed by atoms with E-state index in [1.807, 2.05) is 0 Å². The predicted octanol–water partition coefficient (Wildman–Crippen LogP) is 1.43. The Bertz CT molecular complexity index is 158. The van der Waals surface area contributed by atoms with E-state index in [9.17, 15) is 0 Å². The minimum absolute atomic E-state index is 0.169. The van der Waals surface area contributed by atoms with Gasteiger partial charge in [-0.3, -0.25) is 0 Å². The van der Waals surface area contributed by atoms with Crippen molar-refractivity contribution in [2.45, 2.75) is 32.3 Å². The number of rotatable bonds is 3. The lowest BCUT2D eigenvalue weighted by Crippen LogP contribution is -2.26. The lowest BCUT2D eigenvalue weighted by Gasteiger charge is -2.26. The summed E-state index contributed by atoms with van der Waals surface area (Å²) in [6.45, 7) is 3.03. The molecule has 2 nitrogen and oxygen atoms in total. The monoisotopic (exact) mass is 170 g/mol. The molecule has 2 bridgehead atoms. The molecule has 2 fully saturated rings. The fourth-order valence-corrected chi connectivity index (χ4v) is 3.02. The van der Waals surface area contributed by atoms with E-state index in [4.69, 9.17) is 9.84 Å². The molecule has 70 valence electrons. The fraction of sp³-hybridized carbons (Fsp3) is 1.00. The van der Waals surface area contributed by atoms with Gasteiger partial charge in [0.2, 0.25) is 0 Å². The van der Waals surface area contributed by atoms with Gasteiger partial charge in [0.05, 0.1) is 19.3 Å². The van der Waals surface area contributed by atoms with Crippen molar-refractivity contribution in [1.29, 1.82) is 0 Å². The second-order valence-corrected chi connectivity index (χ2v) is 4.35. The van der Waals surface area contributed by atoms with Crippen LogP contribution in [0.3, 0.4) is 0 Å². The first-order valence-corrected chi connectivity index (χ1v) is 5.03. The van der Waals surface area contributed by atoms with Gasteiger partial charge in [0, 0.05) is 0 Å². The summed E-state index contributed by atoms with van der Waals surface area (Å²) in [4.78, 5) is 0. The molecular formula is C10H18O2. The standard InChI is InChI=1S/C10H18O2/c1-7-4-8-5-9(7)10(6-8)12-3-2-11/h7-11H,2-6H2,1H3/t7-,8-,9-,10+/m1/s1. The molecule has 0 spiro atoms. The van der Waals surface area contributed by atoms with E-state index in [2.05, 4.69) is 6.92 Å². The van der Waals surface area contributed by atoms with Crippen molar-refractivity contribution in [2.75, 3.05) is 13.2 Å². The minimum atomic E-state index is 0.169. The van der Waals surface area contributed by atoms with Gasteiger partial charge >= 0.3 is 0 Å². The number of ether oxygens (including phenoxy) is 1. The Kier molecular flexibility index (Phi) is 2.37. The van der Waals surface area contributed by atoms with Crippen molar-refractivity contribution in [3.05, 3.63) is 0 Å². The minimum Gasteiger partial charge on any atom is -0.394 e. The largest absolute Gasteiger partial charge is 0.394 e. The summed E-state index contributed by atoms with van der Waals surface area (Å²) in [6.07, 6.45) is 4.49. The average Bonchev–Trinajstić information content (AvgIpc) is 2.58. The number of fused-ring (bicyclic) bond motifs is 2. The fourth-order valence-electron chi connectivity index (χ4n) is 3.02. The third-order valence-electron chi connectivity index (χ3n) is 3.51. The molecule has 12 heavy (non-hydrogen) atoms. The van der Waals surface area contributed by atoms with E-state index >= 15 is 0 Å². The van der Waals surface area contributed by atoms with Gasteiger partial charge in [0.25, 0.3) is 0 Å². The summed E-state index contributed by atoms with van der Waals surface area (Å²) >= 11 is 0. The number of hydrogen-bond donors (Lipinski definition) is 1. The number of aliphatic hydroxyl groups is 1. The van der Waals surface area contributed by atoms with Gasteiger partial charge in [-0.1, -0.05) is 6.92 Å². The molecule has 2 heteroatoms. The van der Waals surface area contributed by atoms with E-state index in [0.717, 1.165) is 17.8 Å². The van der Waals surface area contributed by atoms with Crippen LogP contribution in [-0.2, 0) is 4.74 Å². The molecule has 0 aromatic heterocycles. The molecule has 0 heterocycles. The van der Waals surface area contributed by atoms with Crippen LogP contribution >= 0.6 is 0 Å². The van der Waals surface area contributed by atoms with E-state index in [1.165, 1.54) is 19.3 Å². The third-order valence-corrected chi connectivity index (χ3v) is 3.51. The van der Waals surface area contributed by atoms with Gasteiger partial charge in [-0.2, -0.15) is 0 Å². The summed E-state index contributed by atoms with van der Waals surface area (Å²) in [6, 6.07) is 0. The van der Waals surface area contributed by atoms with Crippen molar-refractivity contribution < 1.29 is 9.84 Å². The maximum absolute atomic E-state index is 8.64. The van der Waals surface area contributed by atoms with Gasteiger partial charge in [-0.05, 0) is 37.0 Å². The Morgan fingerprint density at radius 1 is 1.33 bits per heavy atom. The zero-order valence-electron chi connectivity index (χ0n) is 7.70. The zero-order valence-corrected chi connectivity index (χ0v) is 7.70. The van der Waals surface area contributed by atoms with Crippen LogP contribution in [0.25, 0.3) is 0 Å². The van der Waals surface area contributed by atoms with Crippen LogP contribution in [0.4, 0.5) is 0 Å². The van der Waals surface area contributed by atoms with Gasteiger partial charge in [-0.25, -0.2) is 0 Å². The highest BCUT2D eigenvalue weighted by atomic mass is 16.5. The maximum Gasteiger partial charge on any atom is 0.0701 e. The van der Waals surface area contributed by atoms with Crippen LogP contribution < -0.4 is 0 Å². The zero-order chi connectivity index (χ0) is 8.55. The maximum atomic E-state index is 8.64. The van der Waals surface area contributed by atoms with Gasteiger partial charge in [-0.15, -0.1) is 0 Å². The van der Waals surface area contributed by atoms with Crippen molar-refractivity contribution >= 4 is 0 Å². The lowest BCUT2D eigenvalue weighted by molar-refractivity contribution is -0.0140. The predicted molar refractivity (Wildman–Crippen MR) is 46.8 cm³/mol. The van der Waals surface area contributed by atoms with Crippen LogP contribution in [0.15, 0.2) is 0 Å². The summed E-state index contributed by atoms with van der Waals surface area (Å²) in [7, 11) is 0. The molecule has 0 aromatic rings. The molecule has 0 aromatic carbocycles. The third kappa shape index (κ3) is 1.38. The van der Waals surface area contributed by atoms with Crippen LogP contribution in [0.1, 0.15) is 26.2 Å². The van der Waals surface area contributed by atoms with Crippen molar-refractivity contribution in [3.63, 3.8) is 0 Å². The van der Waals surface area contributed by atoms with Crippen molar-refractivity contribution in [2.24, 2.45) is 17.8 Å². The second-order valence-electron chi connectivity index (χ2n) is 4.35. The van der Waals surface area contributed by atoms with Gasteiger partial charge in [0.1, 0.15) is 0 Å². The highest BCUT2D eigenvalue weighted by molar-refractivity contribution is 4.94. The van der Waals surface area contributed by atoms with E-state index in [-0.39, 0.29) is 6.61 Å². The Morgan fingerprint density at radius 2 is 2.17 bits per heavy atom. The number of hydrogen-bond acceptors (Lipinski definition) is 2. The first-order chi connectivity index (χ1) is 5.81. The molecule has 0 radical (unpaired) electrons. The topological polar surface area (TPSA) is 29.5 Å². The summed E-state index contributed by atoms with van der Waals surface area (Å²) in [5, 5.41) is 8.64. The van der Waals surface area contributed by atoms with Crippen molar-refractivity contribution in [3.8, 4) is 0 Å². The van der Waals surface area contributed by atoms with E-state index in [1.54, 1.807) is 0 Å². The molecule has 2 saturated carbocycles. The Hall–Kier alpha value is -0.0800. The SMILES string of the molecule is C[C@@H]1C[C@@H]2C[C@H]1[C@@H](OCCO)C2. The van der Waals surface area contributed by atoms with Crippen LogP contribution in [0, 0.1) is 17.8 Å². The molecule has 2 rings (SSSR count). The second kappa shape index (κ2) is 3.35. The smallest absolute Gasteiger partial charge is 0.0701 e. The summed E-state index contributed by atoms with van der Waals surface area (Å²) in [5.41, 5.74) is 0. The van der Waals surface area contributed by atoms with Crippen molar-refractivity contribution in [1.82, 2.24) is 0 Å². The normalized spacial score (nSPS) is 45.5. The first-order valence-electron chi connectivity index (χ1n) is 5.03. The molecule has 0 saturated heterocycles. The van der Waals surface area contributed by atoms with E-state index < -0.39 is 0 Å². The Morgan fingerprint density at radius 3 is 2.75 bits per heavy atom. The molecule has 1 N–H and O–H groups in total. The molecular weight excluding hydrogens is 152 g/mol. The molecule has 2 aliphatic carbocycles. The molecule has 2 aliphatic rings. The molecule has 0 aliphatic heterocycles. The van der Waals surface area contributed by atoms with Crippen LogP contribution in [0.5, 0.6) is 0 Å². The Balaban J connectivity index is 1.85. The van der Waals surface area contributed by atoms with Crippen LogP contribution in [-0.4, -0.2) is 24.4 Å². The highest BCUT2D eigenvalue weighted by Crippen LogP contribution is 2.49. The van der Waals surface area contributed by atoms with Crippen LogP contribution in [0.2, 0.25) is 0 Å². The van der Waals surface area contributed by atoms with Gasteiger partial charge < -0.3 is 9.84 Å². The molecule has 4 atom stereocenters. The highest BCUT2D eigenvalue weighted by Gasteiger charge is 2.44. The lowest BCUT2D eigenvalue weighted by atomic mass is 9.88. The quantitative estimate of drug-likeness (QED) is 0.694. The molecule has 0 amide bonds. The van der Waals surface area contributed by atoms with Gasteiger partial charge in [0.15, 0.2) is 0 Å². The average molecular weight is 170 g/mol. The number of aliphatic hydroxyl groups excluding tert-OH is 1. The summed E-state index contributed by atoms with van der Waals surface area (Å²) < 4.78 is 5.61. The Labute approximate surface area is 73.9 Å². The first kappa shape index (κ1) is 8.52. The molecule has 0 unspecified atom stereocenters.